The second kappa shape index (κ2) is 6.33. The number of aryl methyl sites for hydroxylation is 1. The first kappa shape index (κ1) is 17.2. The fourth-order valence-electron chi connectivity index (χ4n) is 2.94. The molecule has 0 bridgehead atoms. The Hall–Kier alpha value is -1.66. The Morgan fingerprint density at radius 1 is 1.38 bits per heavy atom. The molecule has 1 fully saturated rings. The average Bonchev–Trinajstić information content (AvgIpc) is 3.15. The topological polar surface area (TPSA) is 53.4 Å². The van der Waals surface area contributed by atoms with E-state index in [1.54, 1.807) is 0 Å². The molecule has 0 spiro atoms. The Kier molecular flexibility index (Phi) is 4.53. The number of hydrogen-bond acceptors (Lipinski definition) is 5. The lowest BCUT2D eigenvalue weighted by Gasteiger charge is -2.35. The van der Waals surface area contributed by atoms with E-state index in [9.17, 15) is 4.79 Å². The second-order valence-electron chi connectivity index (χ2n) is 7.24. The van der Waals surface area contributed by atoms with Gasteiger partial charge in [-0.15, -0.1) is 11.3 Å². The minimum absolute atomic E-state index is 0.189. The van der Waals surface area contributed by atoms with E-state index in [-0.39, 0.29) is 5.97 Å². The summed E-state index contributed by atoms with van der Waals surface area (Å²) in [6.45, 7) is 6.80. The number of carbonyl (C=O) groups excluding carboxylic acids is 1. The highest BCUT2D eigenvalue weighted by atomic mass is 32.1. The molecule has 0 saturated carbocycles. The van der Waals surface area contributed by atoms with E-state index in [0.717, 1.165) is 16.4 Å². The van der Waals surface area contributed by atoms with Gasteiger partial charge in [-0.25, -0.2) is 4.98 Å². The monoisotopic (exact) mass is 348 g/mol. The second-order valence-corrected chi connectivity index (χ2v) is 8.10. The Morgan fingerprint density at radius 3 is 2.67 bits per heavy atom. The van der Waals surface area contributed by atoms with E-state index in [4.69, 9.17) is 14.5 Å². The SMILES string of the molecule is Cn1cccc1-c1csc(C2(C(=O)OC(C)(C)C)CCOCC2)n1. The highest BCUT2D eigenvalue weighted by Gasteiger charge is 2.47. The van der Waals surface area contributed by atoms with Crippen LogP contribution in [0.25, 0.3) is 11.4 Å². The standard InChI is InChI=1S/C18H24N2O3S/c1-17(2,3)23-16(21)18(7-10-22-11-8-18)15-19-13(12-24-15)14-6-5-9-20(14)4/h5-6,9,12H,7-8,10-11H2,1-4H3. The summed E-state index contributed by atoms with van der Waals surface area (Å²) in [7, 11) is 1.99. The summed E-state index contributed by atoms with van der Waals surface area (Å²) >= 11 is 1.54. The third kappa shape index (κ3) is 3.26. The van der Waals surface area contributed by atoms with Crippen molar-refractivity contribution in [1.29, 1.82) is 0 Å². The Morgan fingerprint density at radius 2 is 2.08 bits per heavy atom. The minimum Gasteiger partial charge on any atom is -0.459 e. The number of rotatable bonds is 3. The summed E-state index contributed by atoms with van der Waals surface area (Å²) in [4.78, 5) is 17.8. The summed E-state index contributed by atoms with van der Waals surface area (Å²) in [5.74, 6) is -0.189. The maximum Gasteiger partial charge on any atom is 0.319 e. The molecule has 24 heavy (non-hydrogen) atoms. The molecule has 3 rings (SSSR count). The van der Waals surface area contributed by atoms with Crippen LogP contribution in [0.15, 0.2) is 23.7 Å². The van der Waals surface area contributed by atoms with Crippen LogP contribution in [-0.2, 0) is 26.7 Å². The molecule has 2 aromatic heterocycles. The maximum atomic E-state index is 13.0. The van der Waals surface area contributed by atoms with Gasteiger partial charge in [0.25, 0.3) is 0 Å². The molecule has 130 valence electrons. The van der Waals surface area contributed by atoms with Crippen molar-refractivity contribution >= 4 is 17.3 Å². The van der Waals surface area contributed by atoms with Gasteiger partial charge in [0, 0.05) is 31.8 Å². The summed E-state index contributed by atoms with van der Waals surface area (Å²) in [6.07, 6.45) is 3.22. The molecule has 1 saturated heterocycles. The van der Waals surface area contributed by atoms with Crippen molar-refractivity contribution in [1.82, 2.24) is 9.55 Å². The molecule has 0 unspecified atom stereocenters. The number of thiazole rings is 1. The Balaban J connectivity index is 1.96. The summed E-state index contributed by atoms with van der Waals surface area (Å²) < 4.78 is 13.2. The van der Waals surface area contributed by atoms with Gasteiger partial charge < -0.3 is 14.0 Å². The van der Waals surface area contributed by atoms with Crippen LogP contribution in [0.1, 0.15) is 38.6 Å². The third-order valence-corrected chi connectivity index (χ3v) is 5.30. The van der Waals surface area contributed by atoms with Crippen LogP contribution in [0.3, 0.4) is 0 Å². The van der Waals surface area contributed by atoms with E-state index >= 15 is 0 Å². The molecule has 0 amide bonds. The third-order valence-electron chi connectivity index (χ3n) is 4.26. The predicted octanol–water partition coefficient (Wildman–Crippen LogP) is 3.54. The maximum absolute atomic E-state index is 13.0. The van der Waals surface area contributed by atoms with Crippen LogP contribution in [0.2, 0.25) is 0 Å². The molecular weight excluding hydrogens is 324 g/mol. The molecule has 5 nitrogen and oxygen atoms in total. The number of esters is 1. The van der Waals surface area contributed by atoms with Gasteiger partial charge >= 0.3 is 5.97 Å². The molecule has 0 aromatic carbocycles. The van der Waals surface area contributed by atoms with Crippen LogP contribution in [-0.4, -0.2) is 34.3 Å². The van der Waals surface area contributed by atoms with E-state index < -0.39 is 11.0 Å². The summed E-state index contributed by atoms with van der Waals surface area (Å²) in [5, 5.41) is 2.85. The number of carbonyl (C=O) groups is 1. The van der Waals surface area contributed by atoms with E-state index in [0.29, 0.717) is 26.1 Å². The lowest BCUT2D eigenvalue weighted by atomic mass is 9.80. The molecule has 1 aliphatic rings. The first-order valence-electron chi connectivity index (χ1n) is 8.21. The van der Waals surface area contributed by atoms with Gasteiger partial charge in [0.1, 0.15) is 16.0 Å². The van der Waals surface area contributed by atoms with Crippen molar-refractivity contribution < 1.29 is 14.3 Å². The van der Waals surface area contributed by atoms with Gasteiger partial charge in [-0.05, 0) is 45.7 Å². The fourth-order valence-corrected chi connectivity index (χ4v) is 4.00. The first-order chi connectivity index (χ1) is 11.3. The van der Waals surface area contributed by atoms with Crippen LogP contribution in [0.4, 0.5) is 0 Å². The van der Waals surface area contributed by atoms with Gasteiger partial charge in [0.05, 0.1) is 11.4 Å². The smallest absolute Gasteiger partial charge is 0.319 e. The van der Waals surface area contributed by atoms with Crippen LogP contribution >= 0.6 is 11.3 Å². The van der Waals surface area contributed by atoms with Crippen molar-refractivity contribution in [3.8, 4) is 11.4 Å². The van der Waals surface area contributed by atoms with Gasteiger partial charge in [0.2, 0.25) is 0 Å². The molecule has 3 heterocycles. The summed E-state index contributed by atoms with van der Waals surface area (Å²) in [6, 6.07) is 4.02. The highest BCUT2D eigenvalue weighted by Crippen LogP contribution is 2.40. The predicted molar refractivity (Wildman–Crippen MR) is 94.1 cm³/mol. The fraction of sp³-hybridized carbons (Fsp3) is 0.556. The van der Waals surface area contributed by atoms with Crippen LogP contribution in [0.5, 0.6) is 0 Å². The zero-order chi connectivity index (χ0) is 17.4. The van der Waals surface area contributed by atoms with Gasteiger partial charge in [0.15, 0.2) is 0 Å². The largest absolute Gasteiger partial charge is 0.459 e. The Labute approximate surface area is 146 Å². The average molecular weight is 348 g/mol. The number of aromatic nitrogens is 2. The van der Waals surface area contributed by atoms with Crippen molar-refractivity contribution in [2.45, 2.75) is 44.6 Å². The van der Waals surface area contributed by atoms with Gasteiger partial charge in [-0.2, -0.15) is 0 Å². The van der Waals surface area contributed by atoms with Crippen molar-refractivity contribution in [2.75, 3.05) is 13.2 Å². The molecule has 0 N–H and O–H groups in total. The lowest BCUT2D eigenvalue weighted by molar-refractivity contribution is -0.166. The van der Waals surface area contributed by atoms with Gasteiger partial charge in [-0.1, -0.05) is 0 Å². The molecule has 2 aromatic rings. The summed E-state index contributed by atoms with van der Waals surface area (Å²) in [5.41, 5.74) is 0.737. The molecule has 0 aliphatic carbocycles. The molecule has 6 heteroatoms. The quantitative estimate of drug-likeness (QED) is 0.796. The van der Waals surface area contributed by atoms with Crippen molar-refractivity contribution in [3.63, 3.8) is 0 Å². The van der Waals surface area contributed by atoms with E-state index in [2.05, 4.69) is 0 Å². The first-order valence-corrected chi connectivity index (χ1v) is 9.09. The van der Waals surface area contributed by atoms with E-state index in [1.165, 1.54) is 11.3 Å². The van der Waals surface area contributed by atoms with Crippen molar-refractivity contribution in [2.24, 2.45) is 7.05 Å². The van der Waals surface area contributed by atoms with E-state index in [1.807, 2.05) is 56.1 Å². The number of hydrogen-bond donors (Lipinski definition) is 0. The van der Waals surface area contributed by atoms with Crippen LogP contribution < -0.4 is 0 Å². The molecule has 0 atom stereocenters. The minimum atomic E-state index is -0.695. The zero-order valence-electron chi connectivity index (χ0n) is 14.7. The van der Waals surface area contributed by atoms with Crippen LogP contribution in [0, 0.1) is 0 Å². The zero-order valence-corrected chi connectivity index (χ0v) is 15.5. The normalized spacial score (nSPS) is 17.7. The molecule has 0 radical (unpaired) electrons. The molecular formula is C18H24N2O3S. The van der Waals surface area contributed by atoms with Crippen molar-refractivity contribution in [3.05, 3.63) is 28.7 Å². The highest BCUT2D eigenvalue weighted by molar-refractivity contribution is 7.10. The lowest BCUT2D eigenvalue weighted by Crippen LogP contribution is -2.45. The number of ether oxygens (including phenoxy) is 2. The Bertz CT molecular complexity index is 721. The molecule has 1 aliphatic heterocycles. The number of nitrogens with zero attached hydrogens (tertiary/aromatic N) is 2. The van der Waals surface area contributed by atoms with Gasteiger partial charge in [-0.3, -0.25) is 4.79 Å².